The maximum atomic E-state index is 15.4. The summed E-state index contributed by atoms with van der Waals surface area (Å²) in [5.74, 6) is -3.46. The van der Waals surface area contributed by atoms with E-state index < -0.39 is 30.0 Å². The molecule has 0 bridgehead atoms. The molecule has 0 aliphatic rings. The minimum absolute atomic E-state index is 0.0369. The number of hydrogen-bond donors (Lipinski definition) is 1. The number of nitriles is 2. The monoisotopic (exact) mass is 522 g/mol. The van der Waals surface area contributed by atoms with Gasteiger partial charge in [-0.05, 0) is 42.8 Å². The summed E-state index contributed by atoms with van der Waals surface area (Å²) in [6, 6.07) is 12.0. The maximum absolute atomic E-state index is 15.4. The zero-order chi connectivity index (χ0) is 27.1. The van der Waals surface area contributed by atoms with Crippen LogP contribution in [0.15, 0.2) is 53.3 Å². The Labute approximate surface area is 214 Å². The molecule has 0 aliphatic heterocycles. The van der Waals surface area contributed by atoms with Gasteiger partial charge < -0.3 is 14.6 Å². The van der Waals surface area contributed by atoms with Crippen LogP contribution in [0.1, 0.15) is 27.9 Å². The van der Waals surface area contributed by atoms with E-state index in [1.165, 1.54) is 43.3 Å². The Kier molecular flexibility index (Phi) is 8.35. The molecule has 3 aromatic rings. The van der Waals surface area contributed by atoms with Crippen molar-refractivity contribution < 1.29 is 28.6 Å². The zero-order valence-electron chi connectivity index (χ0n) is 19.1. The van der Waals surface area contributed by atoms with Gasteiger partial charge in [0, 0.05) is 24.1 Å². The Morgan fingerprint density at radius 1 is 1.16 bits per heavy atom. The molecule has 10 nitrogen and oxygen atoms in total. The van der Waals surface area contributed by atoms with Crippen molar-refractivity contribution in [1.29, 1.82) is 10.5 Å². The zero-order valence-corrected chi connectivity index (χ0v) is 19.8. The summed E-state index contributed by atoms with van der Waals surface area (Å²) in [6.45, 7) is 0.905. The number of aryl methyl sites for hydroxylation is 1. The molecular formula is C25H16ClFN4O6. The van der Waals surface area contributed by atoms with Crippen LogP contribution in [0.4, 0.5) is 4.39 Å². The summed E-state index contributed by atoms with van der Waals surface area (Å²) in [7, 11) is 0. The highest BCUT2D eigenvalue weighted by Gasteiger charge is 2.18. The summed E-state index contributed by atoms with van der Waals surface area (Å²) in [5.41, 5.74) is 0.315. The highest BCUT2D eigenvalue weighted by molar-refractivity contribution is 6.32. The topological polar surface area (TPSA) is 155 Å². The number of carbonyl (C=O) groups is 2. The lowest BCUT2D eigenvalue weighted by atomic mass is 10.1. The van der Waals surface area contributed by atoms with Crippen LogP contribution in [-0.4, -0.2) is 26.8 Å². The number of hydrogen-bond acceptors (Lipinski definition) is 8. The predicted octanol–water partition coefficient (Wildman–Crippen LogP) is 3.61. The molecule has 0 amide bonds. The third kappa shape index (κ3) is 6.78. The van der Waals surface area contributed by atoms with E-state index in [0.29, 0.717) is 12.2 Å². The van der Waals surface area contributed by atoms with Gasteiger partial charge in [0.05, 0.1) is 34.0 Å². The van der Waals surface area contributed by atoms with Crippen LogP contribution in [0.3, 0.4) is 0 Å². The van der Waals surface area contributed by atoms with Gasteiger partial charge in [-0.25, -0.2) is 14.0 Å². The van der Waals surface area contributed by atoms with Gasteiger partial charge in [0.2, 0.25) is 0 Å². The summed E-state index contributed by atoms with van der Waals surface area (Å²) in [4.78, 5) is 34.5. The first-order chi connectivity index (χ1) is 17.6. The summed E-state index contributed by atoms with van der Waals surface area (Å²) in [5, 5.41) is 30.9. The molecular weight excluding hydrogens is 507 g/mol. The number of aliphatic carboxylic acids is 1. The van der Waals surface area contributed by atoms with Crippen molar-refractivity contribution in [2.45, 2.75) is 20.1 Å². The van der Waals surface area contributed by atoms with E-state index in [9.17, 15) is 14.4 Å². The van der Waals surface area contributed by atoms with Gasteiger partial charge in [-0.3, -0.25) is 4.79 Å². The highest BCUT2D eigenvalue weighted by atomic mass is 35.5. The number of carbonyl (C=O) groups excluding carboxylic acids is 1. The largest absolute Gasteiger partial charge is 0.478 e. The third-order valence-corrected chi connectivity index (χ3v) is 5.08. The molecule has 1 aromatic heterocycles. The SMILES string of the molecule is Cc1cc(Cc2ccc(Cl)c(Oc3cc(C#N)cc(C#N)c3)c2F)nn(COC(=O)/C=C\C(=O)O)c1=O. The minimum atomic E-state index is -1.35. The number of nitrogens with zero attached hydrogens (tertiary/aromatic N) is 4. The van der Waals surface area contributed by atoms with Crippen LogP contribution < -0.4 is 10.3 Å². The van der Waals surface area contributed by atoms with Crippen molar-refractivity contribution in [3.05, 3.63) is 97.7 Å². The standard InChI is InChI=1S/C25H16ClFN4O6/c1-14-6-18(30-31(25(14)35)13-36-22(34)5-4-21(32)33)10-17-2-3-20(26)24(23(17)27)37-19-8-15(11-28)7-16(9-19)12-29/h2-9H,10,13H2,1H3,(H,32,33)/b5-4-. The van der Waals surface area contributed by atoms with Gasteiger partial charge in [-0.2, -0.15) is 20.3 Å². The molecule has 0 unspecified atom stereocenters. The Hall–Kier alpha value is -5.00. The molecule has 1 N–H and O–H groups in total. The Balaban J connectivity index is 1.88. The Morgan fingerprint density at radius 3 is 2.46 bits per heavy atom. The summed E-state index contributed by atoms with van der Waals surface area (Å²) >= 11 is 6.14. The van der Waals surface area contributed by atoms with Crippen molar-refractivity contribution >= 4 is 23.5 Å². The van der Waals surface area contributed by atoms with Gasteiger partial charge in [0.15, 0.2) is 18.3 Å². The number of aromatic nitrogens is 2. The second-order valence-corrected chi connectivity index (χ2v) is 7.89. The van der Waals surface area contributed by atoms with Crippen molar-refractivity contribution in [1.82, 2.24) is 9.78 Å². The second-order valence-electron chi connectivity index (χ2n) is 7.49. The highest BCUT2D eigenvalue weighted by Crippen LogP contribution is 2.35. The Morgan fingerprint density at radius 2 is 1.84 bits per heavy atom. The quantitative estimate of drug-likeness (QED) is 0.345. The fourth-order valence-electron chi connectivity index (χ4n) is 3.13. The summed E-state index contributed by atoms with van der Waals surface area (Å²) in [6.07, 6.45) is 1.16. The van der Waals surface area contributed by atoms with Gasteiger partial charge >= 0.3 is 11.9 Å². The average molecular weight is 523 g/mol. The normalized spacial score (nSPS) is 10.5. The van der Waals surface area contributed by atoms with Crippen molar-refractivity contribution in [2.24, 2.45) is 0 Å². The lowest BCUT2D eigenvalue weighted by Gasteiger charge is -2.13. The van der Waals surface area contributed by atoms with E-state index in [1.54, 1.807) is 0 Å². The molecule has 0 radical (unpaired) electrons. The molecule has 0 spiro atoms. The van der Waals surface area contributed by atoms with Crippen LogP contribution in [0.25, 0.3) is 0 Å². The van der Waals surface area contributed by atoms with E-state index in [1.807, 2.05) is 12.1 Å². The average Bonchev–Trinajstić information content (AvgIpc) is 2.87. The van der Waals surface area contributed by atoms with Crippen LogP contribution >= 0.6 is 11.6 Å². The number of esters is 1. The van der Waals surface area contributed by atoms with E-state index in [2.05, 4.69) is 5.10 Å². The number of rotatable bonds is 8. The first kappa shape index (κ1) is 26.6. The molecule has 12 heteroatoms. The first-order valence-electron chi connectivity index (χ1n) is 10.4. The van der Waals surface area contributed by atoms with Gasteiger partial charge in [0.1, 0.15) is 5.75 Å². The smallest absolute Gasteiger partial charge is 0.332 e. The number of carboxylic acids is 1. The molecule has 0 fully saturated rings. The molecule has 2 aromatic carbocycles. The molecule has 1 heterocycles. The predicted molar refractivity (Wildman–Crippen MR) is 126 cm³/mol. The van der Waals surface area contributed by atoms with Gasteiger partial charge in [0.25, 0.3) is 5.56 Å². The molecule has 186 valence electrons. The van der Waals surface area contributed by atoms with Crippen molar-refractivity contribution in [2.75, 3.05) is 0 Å². The van der Waals surface area contributed by atoms with E-state index in [-0.39, 0.29) is 50.9 Å². The van der Waals surface area contributed by atoms with Crippen LogP contribution in [0.2, 0.25) is 5.02 Å². The molecule has 37 heavy (non-hydrogen) atoms. The fraction of sp³-hybridized carbons (Fsp3) is 0.120. The molecule has 0 aliphatic carbocycles. The second kappa shape index (κ2) is 11.6. The molecule has 0 saturated heterocycles. The van der Waals surface area contributed by atoms with Crippen molar-refractivity contribution in [3.8, 4) is 23.6 Å². The van der Waals surface area contributed by atoms with Gasteiger partial charge in [-0.1, -0.05) is 17.7 Å². The Bertz CT molecular complexity index is 1540. The lowest BCUT2D eigenvalue weighted by Crippen LogP contribution is -2.28. The number of carboxylic acid groups (broad SMARTS) is 1. The molecule has 0 atom stereocenters. The van der Waals surface area contributed by atoms with Gasteiger partial charge in [-0.15, -0.1) is 0 Å². The first-order valence-corrected chi connectivity index (χ1v) is 10.7. The van der Waals surface area contributed by atoms with Crippen molar-refractivity contribution in [3.63, 3.8) is 0 Å². The number of ether oxygens (including phenoxy) is 2. The van der Waals surface area contributed by atoms with Crippen LogP contribution in [-0.2, 0) is 27.5 Å². The summed E-state index contributed by atoms with van der Waals surface area (Å²) < 4.78 is 26.7. The minimum Gasteiger partial charge on any atom is -0.478 e. The van der Waals surface area contributed by atoms with E-state index in [4.69, 9.17) is 36.7 Å². The molecule has 0 saturated carbocycles. The maximum Gasteiger partial charge on any atom is 0.332 e. The van der Waals surface area contributed by atoms with Crippen LogP contribution in [0, 0.1) is 35.4 Å². The van der Waals surface area contributed by atoms with Crippen LogP contribution in [0.5, 0.6) is 11.5 Å². The molecule has 3 rings (SSSR count). The number of benzene rings is 2. The lowest BCUT2D eigenvalue weighted by molar-refractivity contribution is -0.142. The number of halogens is 2. The van der Waals surface area contributed by atoms with E-state index in [0.717, 1.165) is 4.68 Å². The van der Waals surface area contributed by atoms with E-state index >= 15 is 4.39 Å². The fourth-order valence-corrected chi connectivity index (χ4v) is 3.32. The third-order valence-electron chi connectivity index (χ3n) is 4.78.